The van der Waals surface area contributed by atoms with Crippen molar-refractivity contribution in [1.82, 2.24) is 25.9 Å². The van der Waals surface area contributed by atoms with Gasteiger partial charge in [-0.3, -0.25) is 0 Å². The van der Waals surface area contributed by atoms with Crippen LogP contribution in [-0.2, 0) is 6.61 Å². The Hall–Kier alpha value is -3.91. The summed E-state index contributed by atoms with van der Waals surface area (Å²) in [5.41, 5.74) is 2.24. The Labute approximate surface area is 234 Å². The van der Waals surface area contributed by atoms with Crippen molar-refractivity contribution in [2.45, 2.75) is 32.0 Å². The third-order valence-corrected chi connectivity index (χ3v) is 7.30. The molecule has 11 heteroatoms. The van der Waals surface area contributed by atoms with Crippen LogP contribution in [0, 0.1) is 17.7 Å². The van der Waals surface area contributed by atoms with Gasteiger partial charge in [-0.1, -0.05) is 35.6 Å². The highest BCUT2D eigenvalue weighted by atomic mass is 35.5. The quantitative estimate of drug-likeness (QED) is 0.230. The topological polar surface area (TPSA) is 100 Å². The predicted octanol–water partition coefficient (Wildman–Crippen LogP) is 5.21. The molecule has 39 heavy (non-hydrogen) atoms. The van der Waals surface area contributed by atoms with E-state index < -0.39 is 0 Å². The molecule has 1 fully saturated rings. The molecular formula is C28H26ClFN6O2S. The van der Waals surface area contributed by atoms with Crippen molar-refractivity contribution in [3.63, 3.8) is 0 Å². The summed E-state index contributed by atoms with van der Waals surface area (Å²) in [4.78, 5) is 21.4. The van der Waals surface area contributed by atoms with Gasteiger partial charge in [-0.15, -0.1) is 11.3 Å². The molecule has 3 heterocycles. The van der Waals surface area contributed by atoms with E-state index in [9.17, 15) is 9.18 Å². The van der Waals surface area contributed by atoms with Crippen molar-refractivity contribution >= 4 is 50.7 Å². The first-order valence-electron chi connectivity index (χ1n) is 12.4. The Kier molecular flexibility index (Phi) is 8.42. The molecule has 1 aliphatic heterocycles. The molecule has 2 amide bonds. The highest BCUT2D eigenvalue weighted by Gasteiger charge is 2.23. The summed E-state index contributed by atoms with van der Waals surface area (Å²) < 4.78 is 20.1. The van der Waals surface area contributed by atoms with Crippen LogP contribution in [0.15, 0.2) is 54.9 Å². The maximum absolute atomic E-state index is 13.4. The van der Waals surface area contributed by atoms with E-state index in [0.717, 1.165) is 27.2 Å². The Morgan fingerprint density at radius 2 is 2.15 bits per heavy atom. The Balaban J connectivity index is 1.24. The molecule has 0 saturated carbocycles. The highest BCUT2D eigenvalue weighted by Crippen LogP contribution is 2.33. The van der Waals surface area contributed by atoms with Crippen molar-refractivity contribution in [2.24, 2.45) is 0 Å². The van der Waals surface area contributed by atoms with Crippen LogP contribution in [0.4, 0.5) is 20.7 Å². The summed E-state index contributed by atoms with van der Waals surface area (Å²) in [7, 11) is 0. The third-order valence-electron chi connectivity index (χ3n) is 5.96. The molecule has 2 aromatic heterocycles. The number of urea groups is 1. The summed E-state index contributed by atoms with van der Waals surface area (Å²) in [5.74, 6) is 7.33. The van der Waals surface area contributed by atoms with E-state index >= 15 is 0 Å². The van der Waals surface area contributed by atoms with Crippen molar-refractivity contribution in [2.75, 3.05) is 18.4 Å². The van der Waals surface area contributed by atoms with Crippen molar-refractivity contribution < 1.29 is 13.9 Å². The molecule has 1 aliphatic rings. The number of benzene rings is 2. The minimum absolute atomic E-state index is 0.00499. The second kappa shape index (κ2) is 12.3. The number of halogens is 2. The smallest absolute Gasteiger partial charge is 0.315 e. The summed E-state index contributed by atoms with van der Waals surface area (Å²) in [6, 6.07) is 13.4. The number of amides is 2. The SMILES string of the molecule is CCNC(=O)N[C@@H]1CN[C@@H](C#Cc2cc3ncnc(Nc4ccc(OCc5cccc(F)c5)c(Cl)c4)c3s2)C1. The number of nitrogens with one attached hydrogen (secondary N) is 4. The lowest BCUT2D eigenvalue weighted by Crippen LogP contribution is -2.42. The zero-order valence-corrected chi connectivity index (χ0v) is 22.6. The molecule has 0 unspecified atom stereocenters. The lowest BCUT2D eigenvalue weighted by atomic mass is 10.2. The highest BCUT2D eigenvalue weighted by molar-refractivity contribution is 7.20. The van der Waals surface area contributed by atoms with Crippen LogP contribution >= 0.6 is 22.9 Å². The van der Waals surface area contributed by atoms with E-state index in [1.807, 2.05) is 19.1 Å². The van der Waals surface area contributed by atoms with Gasteiger partial charge in [-0.2, -0.15) is 0 Å². The number of nitrogens with zero attached hydrogens (tertiary/aromatic N) is 2. The number of thiophene rings is 1. The summed E-state index contributed by atoms with van der Waals surface area (Å²) in [6.07, 6.45) is 2.24. The fraction of sp³-hybridized carbons (Fsp3) is 0.250. The molecule has 0 spiro atoms. The number of fused-ring (bicyclic) bond motifs is 1. The second-order valence-electron chi connectivity index (χ2n) is 8.90. The van der Waals surface area contributed by atoms with Crippen LogP contribution < -0.4 is 26.0 Å². The van der Waals surface area contributed by atoms with Crippen LogP contribution in [-0.4, -0.2) is 41.2 Å². The summed E-state index contributed by atoms with van der Waals surface area (Å²) in [6.45, 7) is 3.36. The number of carbonyl (C=O) groups excluding carboxylic acids is 1. The van der Waals surface area contributed by atoms with Crippen molar-refractivity contribution in [3.8, 4) is 17.6 Å². The monoisotopic (exact) mass is 564 g/mol. The summed E-state index contributed by atoms with van der Waals surface area (Å²) in [5, 5.41) is 12.8. The van der Waals surface area contributed by atoms with Gasteiger partial charge in [0, 0.05) is 24.8 Å². The molecule has 0 bridgehead atoms. The van der Waals surface area contributed by atoms with Crippen molar-refractivity contribution in [1.29, 1.82) is 0 Å². The van der Waals surface area contributed by atoms with E-state index in [2.05, 4.69) is 43.1 Å². The van der Waals surface area contributed by atoms with E-state index in [0.29, 0.717) is 35.2 Å². The fourth-order valence-electron chi connectivity index (χ4n) is 4.14. The van der Waals surface area contributed by atoms with Gasteiger partial charge in [0.05, 0.1) is 26.2 Å². The zero-order valence-electron chi connectivity index (χ0n) is 21.1. The lowest BCUT2D eigenvalue weighted by Gasteiger charge is -2.11. The Bertz CT molecular complexity index is 1550. The second-order valence-corrected chi connectivity index (χ2v) is 10.4. The lowest BCUT2D eigenvalue weighted by molar-refractivity contribution is 0.238. The minimum Gasteiger partial charge on any atom is -0.487 e. The van der Waals surface area contributed by atoms with Gasteiger partial charge in [0.2, 0.25) is 0 Å². The van der Waals surface area contributed by atoms with Gasteiger partial charge < -0.3 is 26.0 Å². The molecule has 0 radical (unpaired) electrons. The molecule has 4 aromatic rings. The first-order chi connectivity index (χ1) is 19.0. The molecule has 8 nitrogen and oxygen atoms in total. The van der Waals surface area contributed by atoms with Gasteiger partial charge in [-0.25, -0.2) is 19.2 Å². The largest absolute Gasteiger partial charge is 0.487 e. The predicted molar refractivity (Wildman–Crippen MR) is 152 cm³/mol. The molecule has 2 atom stereocenters. The number of aromatic nitrogens is 2. The first kappa shape index (κ1) is 26.7. The van der Waals surface area contributed by atoms with Gasteiger partial charge in [-0.05, 0) is 55.3 Å². The number of hydrogen-bond donors (Lipinski definition) is 4. The van der Waals surface area contributed by atoms with Crippen molar-refractivity contribution in [3.05, 3.63) is 76.1 Å². The molecule has 2 aromatic carbocycles. The normalized spacial score (nSPS) is 16.4. The Morgan fingerprint density at radius 1 is 1.26 bits per heavy atom. The van der Waals surface area contributed by atoms with Crippen LogP contribution in [0.1, 0.15) is 23.8 Å². The van der Waals surface area contributed by atoms with Gasteiger partial charge in [0.1, 0.15) is 24.5 Å². The number of hydrogen-bond acceptors (Lipinski definition) is 7. The molecule has 0 aliphatic carbocycles. The average Bonchev–Trinajstić information content (AvgIpc) is 3.54. The average molecular weight is 565 g/mol. The van der Waals surface area contributed by atoms with Gasteiger partial charge in [0.15, 0.2) is 5.82 Å². The van der Waals surface area contributed by atoms with Gasteiger partial charge >= 0.3 is 6.03 Å². The van der Waals surface area contributed by atoms with Crippen LogP contribution in [0.2, 0.25) is 5.02 Å². The number of rotatable bonds is 7. The van der Waals surface area contributed by atoms with Crippen LogP contribution in [0.25, 0.3) is 10.2 Å². The Morgan fingerprint density at radius 3 is 2.97 bits per heavy atom. The number of carbonyl (C=O) groups is 1. The first-order valence-corrected chi connectivity index (χ1v) is 13.6. The van der Waals surface area contributed by atoms with Gasteiger partial charge in [0.25, 0.3) is 0 Å². The van der Waals surface area contributed by atoms with E-state index in [1.165, 1.54) is 29.8 Å². The third kappa shape index (κ3) is 6.95. The van der Waals surface area contributed by atoms with E-state index in [1.54, 1.807) is 24.3 Å². The number of ether oxygens (including phenoxy) is 1. The van der Waals surface area contributed by atoms with Crippen LogP contribution in [0.3, 0.4) is 0 Å². The van der Waals surface area contributed by atoms with Crippen LogP contribution in [0.5, 0.6) is 5.75 Å². The maximum atomic E-state index is 13.4. The van der Waals surface area contributed by atoms with E-state index in [-0.39, 0.29) is 30.5 Å². The molecular weight excluding hydrogens is 539 g/mol. The maximum Gasteiger partial charge on any atom is 0.315 e. The van der Waals surface area contributed by atoms with E-state index in [4.69, 9.17) is 16.3 Å². The molecule has 4 N–H and O–H groups in total. The molecule has 200 valence electrons. The zero-order chi connectivity index (χ0) is 27.2. The molecule has 5 rings (SSSR count). The molecule has 1 saturated heterocycles. The fourth-order valence-corrected chi connectivity index (χ4v) is 5.29. The summed E-state index contributed by atoms with van der Waals surface area (Å²) >= 11 is 7.95. The minimum atomic E-state index is -0.310. The number of anilines is 2. The standard InChI is InChI=1S/C28H26ClFN6O2S/c1-2-31-28(37)36-21-11-19(32-14-21)6-8-22-13-24-26(39-22)27(34-16-33-24)35-20-7-9-25(23(29)12-20)38-15-17-4-3-5-18(30)10-17/h3-5,7,9-10,12-13,16,19,21,32H,2,11,14-15H2,1H3,(H2,31,36,37)(H,33,34,35)/t19-,21-/m0/s1.